The van der Waals surface area contributed by atoms with Crippen LogP contribution >= 0.6 is 0 Å². The number of fused-ring (bicyclic) bond motifs is 3. The monoisotopic (exact) mass is 505 g/mol. The van der Waals surface area contributed by atoms with Crippen LogP contribution in [-0.2, 0) is 10.0 Å². The molecule has 0 bridgehead atoms. The summed E-state index contributed by atoms with van der Waals surface area (Å²) < 4.78 is 34.4. The zero-order valence-electron chi connectivity index (χ0n) is 20.2. The molecule has 5 rings (SSSR count). The van der Waals surface area contributed by atoms with E-state index < -0.39 is 14.9 Å². The van der Waals surface area contributed by atoms with Crippen LogP contribution in [0.5, 0.6) is 5.75 Å². The second-order valence-corrected chi connectivity index (χ2v) is 11.0. The van der Waals surface area contributed by atoms with Crippen molar-refractivity contribution in [1.29, 1.82) is 0 Å². The van der Waals surface area contributed by atoms with Gasteiger partial charge in [-0.3, -0.25) is 14.8 Å². The second kappa shape index (κ2) is 8.98. The van der Waals surface area contributed by atoms with E-state index in [0.29, 0.717) is 5.69 Å². The van der Waals surface area contributed by atoms with Crippen molar-refractivity contribution in [1.82, 2.24) is 0 Å². The lowest BCUT2D eigenvalue weighted by atomic mass is 9.77. The first-order chi connectivity index (χ1) is 17.2. The largest absolute Gasteiger partial charge is 0.490 e. The molecule has 2 aliphatic rings. The van der Waals surface area contributed by atoms with Crippen LogP contribution in [0.4, 0.5) is 17.1 Å². The topological polar surface area (TPSA) is 111 Å². The Balaban J connectivity index is 1.50. The number of nitro benzene ring substituents is 1. The molecule has 186 valence electrons. The zero-order valence-corrected chi connectivity index (χ0v) is 21.0. The summed E-state index contributed by atoms with van der Waals surface area (Å²) in [5.74, 6) is 0.297. The maximum Gasteiger partial charge on any atom is 0.311 e. The van der Waals surface area contributed by atoms with Gasteiger partial charge in [0, 0.05) is 17.7 Å². The van der Waals surface area contributed by atoms with Crippen LogP contribution in [0.25, 0.3) is 0 Å². The molecule has 1 aliphatic heterocycles. The standard InChI is InChI=1S/C27H27N3O5S/c1-16-7-8-17(2)24(13-16)29-36(33,34)19-10-11-23-22(15-19)20-5-4-6-21(20)27(28-23)18-9-12-26(35-3)25(14-18)30(31)32/h4-5,7-15,20-21,27-29H,6H2,1-3H3/t20-,21+,27+/m0/s1. The number of allylic oxidation sites excluding steroid dienone is 2. The van der Waals surface area contributed by atoms with Crippen LogP contribution in [-0.4, -0.2) is 20.5 Å². The molecule has 2 N–H and O–H groups in total. The van der Waals surface area contributed by atoms with Crippen molar-refractivity contribution in [3.63, 3.8) is 0 Å². The third-order valence-corrected chi connectivity index (χ3v) is 8.40. The van der Waals surface area contributed by atoms with Crippen LogP contribution in [0.2, 0.25) is 0 Å². The lowest BCUT2D eigenvalue weighted by molar-refractivity contribution is -0.385. The number of hydrogen-bond donors (Lipinski definition) is 2. The Morgan fingerprint density at radius 2 is 1.89 bits per heavy atom. The van der Waals surface area contributed by atoms with Gasteiger partial charge in [0.25, 0.3) is 10.0 Å². The first kappa shape index (κ1) is 23.9. The van der Waals surface area contributed by atoms with Gasteiger partial charge < -0.3 is 10.1 Å². The molecule has 0 amide bonds. The quantitative estimate of drug-likeness (QED) is 0.247. The van der Waals surface area contributed by atoms with Crippen molar-refractivity contribution >= 4 is 27.1 Å². The molecule has 0 aromatic heterocycles. The Morgan fingerprint density at radius 1 is 1.08 bits per heavy atom. The van der Waals surface area contributed by atoms with Crippen molar-refractivity contribution in [3.8, 4) is 5.75 Å². The van der Waals surface area contributed by atoms with E-state index in [1.165, 1.54) is 7.11 Å². The van der Waals surface area contributed by atoms with Crippen molar-refractivity contribution in [2.24, 2.45) is 5.92 Å². The summed E-state index contributed by atoms with van der Waals surface area (Å²) in [5.41, 5.74) is 4.80. The Labute approximate surface area is 210 Å². The highest BCUT2D eigenvalue weighted by molar-refractivity contribution is 7.92. The van der Waals surface area contributed by atoms with Gasteiger partial charge in [-0.05, 0) is 78.8 Å². The second-order valence-electron chi connectivity index (χ2n) is 9.34. The Morgan fingerprint density at radius 3 is 2.64 bits per heavy atom. The van der Waals surface area contributed by atoms with Crippen LogP contribution in [0.15, 0.2) is 71.6 Å². The van der Waals surface area contributed by atoms with Crippen LogP contribution in [0.1, 0.15) is 40.6 Å². The van der Waals surface area contributed by atoms with E-state index in [-0.39, 0.29) is 34.2 Å². The van der Waals surface area contributed by atoms with E-state index in [1.807, 2.05) is 38.1 Å². The molecule has 3 atom stereocenters. The number of methoxy groups -OCH3 is 1. The molecular formula is C27H27N3O5S. The number of nitro groups is 1. The fourth-order valence-corrected chi connectivity index (χ4v) is 6.32. The molecule has 1 heterocycles. The normalized spacial score (nSPS) is 20.2. The maximum atomic E-state index is 13.3. The van der Waals surface area contributed by atoms with Crippen molar-refractivity contribution in [2.75, 3.05) is 17.1 Å². The minimum atomic E-state index is -3.79. The predicted octanol–water partition coefficient (Wildman–Crippen LogP) is 5.85. The number of ether oxygens (including phenoxy) is 1. The van der Waals surface area contributed by atoms with Gasteiger partial charge in [-0.2, -0.15) is 0 Å². The van der Waals surface area contributed by atoms with E-state index in [0.717, 1.165) is 34.4 Å². The number of aryl methyl sites for hydroxylation is 2. The Hall–Kier alpha value is -3.85. The van der Waals surface area contributed by atoms with Gasteiger partial charge in [0.15, 0.2) is 5.75 Å². The number of nitrogens with one attached hydrogen (secondary N) is 2. The summed E-state index contributed by atoms with van der Waals surface area (Å²) in [5, 5.41) is 15.1. The van der Waals surface area contributed by atoms with Gasteiger partial charge in [-0.1, -0.05) is 30.4 Å². The van der Waals surface area contributed by atoms with Crippen molar-refractivity contribution in [2.45, 2.75) is 37.1 Å². The number of benzene rings is 3. The van der Waals surface area contributed by atoms with Gasteiger partial charge in [-0.25, -0.2) is 8.42 Å². The summed E-state index contributed by atoms with van der Waals surface area (Å²) >= 11 is 0. The highest BCUT2D eigenvalue weighted by atomic mass is 32.2. The molecule has 3 aromatic carbocycles. The molecule has 3 aromatic rings. The summed E-state index contributed by atoms with van der Waals surface area (Å²) in [6.07, 6.45) is 4.97. The lowest BCUT2D eigenvalue weighted by Crippen LogP contribution is -2.29. The van der Waals surface area contributed by atoms with Crippen LogP contribution in [0, 0.1) is 29.9 Å². The highest BCUT2D eigenvalue weighted by Gasteiger charge is 2.39. The minimum Gasteiger partial charge on any atom is -0.490 e. The first-order valence-corrected chi connectivity index (χ1v) is 13.2. The molecule has 0 saturated heterocycles. The molecular weight excluding hydrogens is 478 g/mol. The summed E-state index contributed by atoms with van der Waals surface area (Å²) in [4.78, 5) is 11.3. The molecule has 0 unspecified atom stereocenters. The molecule has 8 nitrogen and oxygen atoms in total. The Bertz CT molecular complexity index is 1500. The van der Waals surface area contributed by atoms with E-state index in [2.05, 4.69) is 22.2 Å². The van der Waals surface area contributed by atoms with Crippen molar-refractivity contribution < 1.29 is 18.1 Å². The summed E-state index contributed by atoms with van der Waals surface area (Å²) in [6, 6.07) is 15.6. The molecule has 0 spiro atoms. The maximum absolute atomic E-state index is 13.3. The fraction of sp³-hybridized carbons (Fsp3) is 0.259. The Kier molecular flexibility index (Phi) is 5.96. The number of hydrogen-bond acceptors (Lipinski definition) is 6. The predicted molar refractivity (Wildman–Crippen MR) is 139 cm³/mol. The molecule has 0 saturated carbocycles. The van der Waals surface area contributed by atoms with Gasteiger partial charge in [-0.15, -0.1) is 0 Å². The zero-order chi connectivity index (χ0) is 25.6. The lowest BCUT2D eigenvalue weighted by Gasteiger charge is -2.37. The SMILES string of the molecule is COc1ccc([C@H]2Nc3ccc(S(=O)(=O)Nc4cc(C)ccc4C)cc3[C@H]3C=CC[C@H]32)cc1[N+](=O)[O-]. The van der Waals surface area contributed by atoms with E-state index in [1.54, 1.807) is 30.3 Å². The van der Waals surface area contributed by atoms with Crippen LogP contribution < -0.4 is 14.8 Å². The van der Waals surface area contributed by atoms with Crippen LogP contribution in [0.3, 0.4) is 0 Å². The van der Waals surface area contributed by atoms with E-state index >= 15 is 0 Å². The minimum absolute atomic E-state index is 0.0109. The average molecular weight is 506 g/mol. The molecule has 0 fully saturated rings. The van der Waals surface area contributed by atoms with Gasteiger partial charge in [0.2, 0.25) is 0 Å². The third kappa shape index (κ3) is 4.19. The van der Waals surface area contributed by atoms with Gasteiger partial charge >= 0.3 is 5.69 Å². The van der Waals surface area contributed by atoms with E-state index in [4.69, 9.17) is 4.74 Å². The molecule has 1 aliphatic carbocycles. The van der Waals surface area contributed by atoms with Crippen molar-refractivity contribution in [3.05, 3.63) is 99.1 Å². The number of rotatable bonds is 6. The molecule has 0 radical (unpaired) electrons. The number of sulfonamides is 1. The first-order valence-electron chi connectivity index (χ1n) is 11.7. The highest BCUT2D eigenvalue weighted by Crippen LogP contribution is 2.51. The van der Waals surface area contributed by atoms with Gasteiger partial charge in [0.05, 0.1) is 28.7 Å². The smallest absolute Gasteiger partial charge is 0.311 e. The van der Waals surface area contributed by atoms with Gasteiger partial charge in [0.1, 0.15) is 0 Å². The number of nitrogens with zero attached hydrogens (tertiary/aromatic N) is 1. The fourth-order valence-electron chi connectivity index (χ4n) is 5.16. The third-order valence-electron chi connectivity index (χ3n) is 7.04. The van der Waals surface area contributed by atoms with E-state index in [9.17, 15) is 18.5 Å². The molecule has 9 heteroatoms. The summed E-state index contributed by atoms with van der Waals surface area (Å²) in [6.45, 7) is 3.79. The summed E-state index contributed by atoms with van der Waals surface area (Å²) in [7, 11) is -2.38. The number of anilines is 2. The average Bonchev–Trinajstić information content (AvgIpc) is 3.35. The molecule has 36 heavy (non-hydrogen) atoms.